The molecule has 0 atom stereocenters. The minimum absolute atomic E-state index is 0.276. The summed E-state index contributed by atoms with van der Waals surface area (Å²) >= 11 is 0. The van der Waals surface area contributed by atoms with E-state index >= 15 is 0 Å². The van der Waals surface area contributed by atoms with E-state index in [1.165, 1.54) is 35.4 Å². The van der Waals surface area contributed by atoms with E-state index in [9.17, 15) is 9.59 Å². The summed E-state index contributed by atoms with van der Waals surface area (Å²) in [6.07, 6.45) is 9.46. The van der Waals surface area contributed by atoms with E-state index in [0.29, 0.717) is 24.7 Å². The molecule has 198 valence electrons. The van der Waals surface area contributed by atoms with Crippen molar-refractivity contribution in [3.63, 3.8) is 0 Å². The van der Waals surface area contributed by atoms with Gasteiger partial charge in [0.1, 0.15) is 11.5 Å². The third-order valence-corrected chi connectivity index (χ3v) is 5.03. The Morgan fingerprint density at radius 1 is 0.579 bits per heavy atom. The van der Waals surface area contributed by atoms with Gasteiger partial charge >= 0.3 is 11.9 Å². The number of ether oxygens (including phenoxy) is 2. The topological polar surface area (TPSA) is 119 Å². The molecule has 0 unspecified atom stereocenters. The number of aryl methyl sites for hydroxylation is 2. The molecule has 0 bridgehead atoms. The lowest BCUT2D eigenvalue weighted by atomic mass is 10.1. The Morgan fingerprint density at radius 2 is 0.895 bits per heavy atom. The van der Waals surface area contributed by atoms with Gasteiger partial charge in [-0.1, -0.05) is 0 Å². The van der Waals surface area contributed by atoms with Gasteiger partial charge in [-0.05, 0) is 111 Å². The lowest BCUT2D eigenvalue weighted by molar-refractivity contribution is 0.0686. The first-order valence-electron chi connectivity index (χ1n) is 12.1. The molecule has 0 amide bonds. The highest BCUT2D eigenvalue weighted by Crippen LogP contribution is 2.12. The second-order valence-corrected chi connectivity index (χ2v) is 7.74. The third-order valence-electron chi connectivity index (χ3n) is 5.03. The van der Waals surface area contributed by atoms with Crippen molar-refractivity contribution >= 4 is 11.9 Å². The molecule has 2 aromatic carbocycles. The van der Waals surface area contributed by atoms with Gasteiger partial charge in [0.15, 0.2) is 0 Å². The average Bonchev–Trinajstić information content (AvgIpc) is 2.95. The summed E-state index contributed by atoms with van der Waals surface area (Å²) in [7, 11) is 0. The predicted molar refractivity (Wildman–Crippen MR) is 145 cm³/mol. The van der Waals surface area contributed by atoms with Gasteiger partial charge in [-0.2, -0.15) is 0 Å². The fraction of sp³-hybridized carbons (Fsp3) is 0.200. The molecule has 38 heavy (non-hydrogen) atoms. The van der Waals surface area contributed by atoms with Gasteiger partial charge < -0.3 is 19.7 Å². The highest BCUT2D eigenvalue weighted by molar-refractivity contribution is 5.88. The molecule has 0 spiro atoms. The molecule has 0 radical (unpaired) electrons. The van der Waals surface area contributed by atoms with Crippen LogP contribution in [0.25, 0.3) is 0 Å². The number of hydrogen-bond donors (Lipinski definition) is 2. The van der Waals surface area contributed by atoms with Crippen molar-refractivity contribution in [2.45, 2.75) is 26.7 Å². The van der Waals surface area contributed by atoms with Crippen LogP contribution in [-0.2, 0) is 12.8 Å². The Bertz CT molecular complexity index is 1120. The molecular weight excluding hydrogens is 484 g/mol. The number of carboxylic acids is 2. The fourth-order valence-electron chi connectivity index (χ4n) is 3.11. The zero-order valence-corrected chi connectivity index (χ0v) is 21.5. The first-order chi connectivity index (χ1) is 18.4. The lowest BCUT2D eigenvalue weighted by Gasteiger charge is -2.01. The maximum Gasteiger partial charge on any atom is 0.335 e. The van der Waals surface area contributed by atoms with Crippen molar-refractivity contribution in [1.29, 1.82) is 0 Å². The molecule has 0 saturated carbocycles. The summed E-state index contributed by atoms with van der Waals surface area (Å²) in [5, 5.41) is 17.1. The van der Waals surface area contributed by atoms with E-state index in [1.54, 1.807) is 24.3 Å². The first kappa shape index (κ1) is 29.5. The largest absolute Gasteiger partial charge is 0.494 e. The van der Waals surface area contributed by atoms with Gasteiger partial charge in [-0.25, -0.2) is 9.59 Å². The summed E-state index contributed by atoms with van der Waals surface area (Å²) in [6, 6.07) is 20.9. The summed E-state index contributed by atoms with van der Waals surface area (Å²) in [4.78, 5) is 28.8. The monoisotopic (exact) mass is 516 g/mol. The van der Waals surface area contributed by atoms with Crippen molar-refractivity contribution < 1.29 is 29.3 Å². The fourth-order valence-corrected chi connectivity index (χ4v) is 3.11. The van der Waals surface area contributed by atoms with Crippen LogP contribution in [0.3, 0.4) is 0 Å². The number of benzene rings is 2. The van der Waals surface area contributed by atoms with Crippen LogP contribution < -0.4 is 9.47 Å². The minimum Gasteiger partial charge on any atom is -0.494 e. The lowest BCUT2D eigenvalue weighted by Crippen LogP contribution is -1.96. The highest BCUT2D eigenvalue weighted by atomic mass is 16.5. The van der Waals surface area contributed by atoms with Crippen molar-refractivity contribution in [1.82, 2.24) is 9.97 Å². The molecule has 0 aliphatic heterocycles. The maximum absolute atomic E-state index is 10.4. The molecule has 0 fully saturated rings. The zero-order chi connectivity index (χ0) is 27.6. The van der Waals surface area contributed by atoms with Crippen LogP contribution in [0.4, 0.5) is 0 Å². The van der Waals surface area contributed by atoms with Crippen molar-refractivity contribution in [2.24, 2.45) is 0 Å². The second-order valence-electron chi connectivity index (χ2n) is 7.74. The smallest absolute Gasteiger partial charge is 0.335 e. The van der Waals surface area contributed by atoms with E-state index in [1.807, 2.05) is 38.6 Å². The number of aromatic nitrogens is 2. The summed E-state index contributed by atoms with van der Waals surface area (Å²) in [5.41, 5.74) is 3.21. The number of hydrogen-bond acceptors (Lipinski definition) is 6. The van der Waals surface area contributed by atoms with Gasteiger partial charge in [0.25, 0.3) is 0 Å². The Hall–Kier alpha value is -4.72. The highest BCUT2D eigenvalue weighted by Gasteiger charge is 2.02. The van der Waals surface area contributed by atoms with Gasteiger partial charge in [-0.3, -0.25) is 9.97 Å². The Labute approximate surface area is 222 Å². The number of nitrogens with zero attached hydrogens (tertiary/aromatic N) is 2. The van der Waals surface area contributed by atoms with E-state index < -0.39 is 11.9 Å². The average molecular weight is 517 g/mol. The van der Waals surface area contributed by atoms with Gasteiger partial charge in [0.2, 0.25) is 0 Å². The molecule has 2 aromatic heterocycles. The zero-order valence-electron chi connectivity index (χ0n) is 21.5. The first-order valence-corrected chi connectivity index (χ1v) is 12.1. The molecule has 8 heteroatoms. The van der Waals surface area contributed by atoms with Crippen molar-refractivity contribution in [2.75, 3.05) is 13.2 Å². The second kappa shape index (κ2) is 16.9. The Kier molecular flexibility index (Phi) is 13.1. The molecule has 0 aliphatic carbocycles. The van der Waals surface area contributed by atoms with Crippen LogP contribution in [0.15, 0.2) is 97.6 Å². The molecule has 4 aromatic rings. The van der Waals surface area contributed by atoms with E-state index in [0.717, 1.165) is 12.8 Å². The van der Waals surface area contributed by atoms with Crippen LogP contribution in [-0.4, -0.2) is 45.3 Å². The van der Waals surface area contributed by atoms with Crippen molar-refractivity contribution in [3.05, 3.63) is 120 Å². The summed E-state index contributed by atoms with van der Waals surface area (Å²) < 4.78 is 10.3. The quantitative estimate of drug-likeness (QED) is 0.285. The van der Waals surface area contributed by atoms with Crippen LogP contribution in [0.2, 0.25) is 0 Å². The molecule has 4 rings (SSSR count). The van der Waals surface area contributed by atoms with Gasteiger partial charge in [-0.15, -0.1) is 0 Å². The number of carboxylic acid groups (broad SMARTS) is 2. The molecule has 2 N–H and O–H groups in total. The maximum atomic E-state index is 10.4. The molecule has 0 saturated heterocycles. The molecular formula is C30H32N2O6. The standard InChI is InChI=1S/C12H12N2.2C9H10O3/c1(11-3-7-13-8-4-11)2-12-5-9-14-10-6-12;2*1-2-12-8-5-3-7(4-6-8)9(10)11/h3-10H,1-2H2;2*3-6H,2H2,1H3,(H,10,11). The SMILES string of the molecule is CCOc1ccc(C(=O)O)cc1.CCOc1ccc(C(=O)O)cc1.c1cc(CCc2ccncc2)ccn1. The van der Waals surface area contributed by atoms with Gasteiger partial charge in [0.05, 0.1) is 24.3 Å². The van der Waals surface area contributed by atoms with E-state index in [-0.39, 0.29) is 11.1 Å². The number of carbonyl (C=O) groups is 2. The van der Waals surface area contributed by atoms with E-state index in [2.05, 4.69) is 34.2 Å². The number of rotatable bonds is 9. The normalized spacial score (nSPS) is 9.63. The van der Waals surface area contributed by atoms with Crippen LogP contribution in [0.5, 0.6) is 11.5 Å². The summed E-state index contributed by atoms with van der Waals surface area (Å²) in [6.45, 7) is 4.94. The third kappa shape index (κ3) is 11.3. The summed E-state index contributed by atoms with van der Waals surface area (Å²) in [5.74, 6) is -0.443. The van der Waals surface area contributed by atoms with Crippen LogP contribution >= 0.6 is 0 Å². The number of aromatic carboxylic acids is 2. The van der Waals surface area contributed by atoms with Crippen molar-refractivity contribution in [3.8, 4) is 11.5 Å². The van der Waals surface area contributed by atoms with Gasteiger partial charge in [0, 0.05) is 24.8 Å². The minimum atomic E-state index is -0.918. The number of pyridine rings is 2. The molecule has 2 heterocycles. The molecule has 8 nitrogen and oxygen atoms in total. The Balaban J connectivity index is 0.000000201. The Morgan fingerprint density at radius 3 is 1.16 bits per heavy atom. The van der Waals surface area contributed by atoms with Crippen LogP contribution in [0.1, 0.15) is 45.7 Å². The predicted octanol–water partition coefficient (Wildman–Crippen LogP) is 5.83. The molecule has 0 aliphatic rings. The van der Waals surface area contributed by atoms with E-state index in [4.69, 9.17) is 19.7 Å². The van der Waals surface area contributed by atoms with Crippen LogP contribution in [0, 0.1) is 0 Å².